The number of nitrogens with one attached hydrogen (secondary N) is 2. The number of methoxy groups -OCH3 is 1. The Hall–Kier alpha value is -1.79. The van der Waals surface area contributed by atoms with Gasteiger partial charge < -0.3 is 21.1 Å². The number of nitrogens with two attached hydrogens (primary N) is 1. The van der Waals surface area contributed by atoms with Crippen LogP contribution in [0.4, 0.5) is 4.79 Å². The lowest BCUT2D eigenvalue weighted by molar-refractivity contribution is -0.144. The summed E-state index contributed by atoms with van der Waals surface area (Å²) in [6.45, 7) is 5.32. The lowest BCUT2D eigenvalue weighted by Crippen LogP contribution is -2.52. The van der Waals surface area contributed by atoms with Gasteiger partial charge in [-0.3, -0.25) is 4.79 Å². The lowest BCUT2D eigenvalue weighted by Gasteiger charge is -2.20. The van der Waals surface area contributed by atoms with Gasteiger partial charge in [-0.1, -0.05) is 13.8 Å². The molecule has 2 unspecified atom stereocenters. The normalized spacial score (nSPS) is 13.6. The number of carbonyl (C=O) groups excluding carboxylic acids is 3. The van der Waals surface area contributed by atoms with E-state index in [2.05, 4.69) is 15.4 Å². The Balaban J connectivity index is 4.54. The summed E-state index contributed by atoms with van der Waals surface area (Å²) in [4.78, 5) is 33.8. The highest BCUT2D eigenvalue weighted by Crippen LogP contribution is 2.05. The van der Waals surface area contributed by atoms with Gasteiger partial charge in [0.1, 0.15) is 12.1 Å². The second kappa shape index (κ2) is 7.52. The number of primary amides is 1. The van der Waals surface area contributed by atoms with E-state index in [0.29, 0.717) is 6.42 Å². The van der Waals surface area contributed by atoms with Gasteiger partial charge in [-0.05, 0) is 19.3 Å². The Labute approximate surface area is 106 Å². The minimum atomic E-state index is -0.776. The molecule has 104 valence electrons. The number of amides is 3. The van der Waals surface area contributed by atoms with Crippen molar-refractivity contribution in [2.24, 2.45) is 11.7 Å². The molecule has 3 amide bonds. The Morgan fingerprint density at radius 3 is 2.11 bits per heavy atom. The Morgan fingerprint density at radius 1 is 1.17 bits per heavy atom. The maximum atomic E-state index is 11.9. The van der Waals surface area contributed by atoms with Crippen LogP contribution in [0.15, 0.2) is 0 Å². The quantitative estimate of drug-likeness (QED) is 0.571. The predicted octanol–water partition coefficient (Wildman–Crippen LogP) is -0.253. The zero-order valence-electron chi connectivity index (χ0n) is 11.1. The largest absolute Gasteiger partial charge is 0.467 e. The van der Waals surface area contributed by atoms with Crippen LogP contribution in [0.2, 0.25) is 0 Å². The van der Waals surface area contributed by atoms with Gasteiger partial charge in [0.2, 0.25) is 5.91 Å². The van der Waals surface area contributed by atoms with E-state index < -0.39 is 30.0 Å². The SMILES string of the molecule is COC(=O)C(C)NC(=O)C(CC(C)C)NC(N)=O. The van der Waals surface area contributed by atoms with Crippen LogP contribution in [-0.2, 0) is 14.3 Å². The standard InChI is InChI=1S/C11H21N3O4/c1-6(2)5-8(14-11(12)17)9(15)13-7(3)10(16)18-4/h6-8H,5H2,1-4H3,(H,13,15)(H3,12,14,17). The van der Waals surface area contributed by atoms with Crippen molar-refractivity contribution < 1.29 is 19.1 Å². The number of esters is 1. The molecule has 0 saturated heterocycles. The van der Waals surface area contributed by atoms with Crippen LogP contribution >= 0.6 is 0 Å². The van der Waals surface area contributed by atoms with Gasteiger partial charge in [0.25, 0.3) is 0 Å². The first-order valence-corrected chi connectivity index (χ1v) is 5.72. The van der Waals surface area contributed by atoms with Crippen molar-refractivity contribution in [3.63, 3.8) is 0 Å². The van der Waals surface area contributed by atoms with Gasteiger partial charge in [0, 0.05) is 0 Å². The van der Waals surface area contributed by atoms with Crippen LogP contribution in [0.25, 0.3) is 0 Å². The number of hydrogen-bond acceptors (Lipinski definition) is 4. The molecular weight excluding hydrogens is 238 g/mol. The molecule has 0 aromatic heterocycles. The molecular formula is C11H21N3O4. The maximum Gasteiger partial charge on any atom is 0.328 e. The molecule has 0 bridgehead atoms. The molecule has 0 fully saturated rings. The molecule has 0 heterocycles. The van der Waals surface area contributed by atoms with E-state index in [1.165, 1.54) is 14.0 Å². The summed E-state index contributed by atoms with van der Waals surface area (Å²) in [5.41, 5.74) is 5.00. The minimum Gasteiger partial charge on any atom is -0.467 e. The summed E-state index contributed by atoms with van der Waals surface area (Å²) < 4.78 is 4.49. The summed E-state index contributed by atoms with van der Waals surface area (Å²) in [7, 11) is 1.23. The summed E-state index contributed by atoms with van der Waals surface area (Å²) in [5.74, 6) is -0.813. The zero-order valence-corrected chi connectivity index (χ0v) is 11.1. The molecule has 2 atom stereocenters. The molecule has 18 heavy (non-hydrogen) atoms. The van der Waals surface area contributed by atoms with Crippen molar-refractivity contribution >= 4 is 17.9 Å². The van der Waals surface area contributed by atoms with Gasteiger partial charge in [0.05, 0.1) is 7.11 Å². The van der Waals surface area contributed by atoms with Gasteiger partial charge >= 0.3 is 12.0 Å². The van der Waals surface area contributed by atoms with Gasteiger partial charge in [-0.25, -0.2) is 9.59 Å². The second-order valence-electron chi connectivity index (χ2n) is 4.44. The summed E-state index contributed by atoms with van der Waals surface area (Å²) in [5, 5.41) is 4.81. The Morgan fingerprint density at radius 2 is 1.72 bits per heavy atom. The summed E-state index contributed by atoms with van der Waals surface area (Å²) in [6, 6.07) is -2.30. The van der Waals surface area contributed by atoms with E-state index in [1.54, 1.807) is 0 Å². The molecule has 0 aliphatic carbocycles. The molecule has 4 N–H and O–H groups in total. The monoisotopic (exact) mass is 259 g/mol. The van der Waals surface area contributed by atoms with Crippen molar-refractivity contribution in [3.8, 4) is 0 Å². The average molecular weight is 259 g/mol. The lowest BCUT2D eigenvalue weighted by atomic mass is 10.0. The molecule has 0 aliphatic rings. The number of rotatable bonds is 6. The van der Waals surface area contributed by atoms with E-state index >= 15 is 0 Å². The fourth-order valence-corrected chi connectivity index (χ4v) is 1.42. The molecule has 7 heteroatoms. The first kappa shape index (κ1) is 16.2. The highest BCUT2D eigenvalue weighted by Gasteiger charge is 2.24. The number of ether oxygens (including phenoxy) is 1. The topological polar surface area (TPSA) is 111 Å². The third-order valence-corrected chi connectivity index (χ3v) is 2.25. The van der Waals surface area contributed by atoms with Gasteiger partial charge in [-0.2, -0.15) is 0 Å². The smallest absolute Gasteiger partial charge is 0.328 e. The summed E-state index contributed by atoms with van der Waals surface area (Å²) in [6.07, 6.45) is 0.433. The van der Waals surface area contributed by atoms with Crippen LogP contribution in [0.3, 0.4) is 0 Å². The molecule has 0 rings (SSSR count). The number of carbonyl (C=O) groups is 3. The zero-order chi connectivity index (χ0) is 14.3. The Kier molecular flexibility index (Phi) is 6.77. The predicted molar refractivity (Wildman–Crippen MR) is 65.6 cm³/mol. The molecule has 0 aromatic rings. The van der Waals surface area contributed by atoms with E-state index in [1.807, 2.05) is 13.8 Å². The van der Waals surface area contributed by atoms with Crippen LogP contribution < -0.4 is 16.4 Å². The molecule has 0 spiro atoms. The van der Waals surface area contributed by atoms with E-state index in [4.69, 9.17) is 5.73 Å². The van der Waals surface area contributed by atoms with Crippen molar-refractivity contribution in [2.45, 2.75) is 39.3 Å². The van der Waals surface area contributed by atoms with Crippen molar-refractivity contribution in [2.75, 3.05) is 7.11 Å². The van der Waals surface area contributed by atoms with Crippen LogP contribution in [-0.4, -0.2) is 37.1 Å². The number of hydrogen-bond donors (Lipinski definition) is 3. The molecule has 0 aliphatic heterocycles. The highest BCUT2D eigenvalue weighted by molar-refractivity contribution is 5.89. The van der Waals surface area contributed by atoms with Crippen LogP contribution in [0, 0.1) is 5.92 Å². The second-order valence-corrected chi connectivity index (χ2v) is 4.44. The fourth-order valence-electron chi connectivity index (χ4n) is 1.42. The minimum absolute atomic E-state index is 0.195. The van der Waals surface area contributed by atoms with Crippen molar-refractivity contribution in [3.05, 3.63) is 0 Å². The number of urea groups is 1. The third kappa shape index (κ3) is 6.07. The Bertz CT molecular complexity index is 317. The highest BCUT2D eigenvalue weighted by atomic mass is 16.5. The van der Waals surface area contributed by atoms with E-state index in [0.717, 1.165) is 0 Å². The van der Waals surface area contributed by atoms with Crippen molar-refractivity contribution in [1.29, 1.82) is 0 Å². The average Bonchev–Trinajstić information content (AvgIpc) is 2.25. The first-order valence-electron chi connectivity index (χ1n) is 5.72. The van der Waals surface area contributed by atoms with Crippen LogP contribution in [0.1, 0.15) is 27.2 Å². The third-order valence-electron chi connectivity index (χ3n) is 2.25. The summed E-state index contributed by atoms with van der Waals surface area (Å²) >= 11 is 0. The molecule has 7 nitrogen and oxygen atoms in total. The van der Waals surface area contributed by atoms with Crippen molar-refractivity contribution in [1.82, 2.24) is 10.6 Å². The van der Waals surface area contributed by atoms with E-state index in [9.17, 15) is 14.4 Å². The maximum absolute atomic E-state index is 11.9. The fraction of sp³-hybridized carbons (Fsp3) is 0.727. The van der Waals surface area contributed by atoms with E-state index in [-0.39, 0.29) is 5.92 Å². The van der Waals surface area contributed by atoms with Gasteiger partial charge in [-0.15, -0.1) is 0 Å². The molecule has 0 saturated carbocycles. The van der Waals surface area contributed by atoms with Crippen LogP contribution in [0.5, 0.6) is 0 Å². The first-order chi connectivity index (χ1) is 8.27. The molecule has 0 aromatic carbocycles. The van der Waals surface area contributed by atoms with Gasteiger partial charge in [0.15, 0.2) is 0 Å². The molecule has 0 radical (unpaired) electrons.